The molecule has 1 amide bonds. The second-order valence-electron chi connectivity index (χ2n) is 7.20. The highest BCUT2D eigenvalue weighted by molar-refractivity contribution is 7.91. The summed E-state index contributed by atoms with van der Waals surface area (Å²) < 4.78 is 41.5. The summed E-state index contributed by atoms with van der Waals surface area (Å²) in [5, 5.41) is -0.443. The topological polar surface area (TPSA) is 82.1 Å². The predicted octanol–water partition coefficient (Wildman–Crippen LogP) is 2.93. The lowest BCUT2D eigenvalue weighted by atomic mass is 10.1. The van der Waals surface area contributed by atoms with Crippen LogP contribution in [-0.4, -0.2) is 58.9 Å². The molecule has 1 aliphatic rings. The number of amides is 1. The fourth-order valence-electron chi connectivity index (χ4n) is 3.73. The van der Waals surface area contributed by atoms with Crippen LogP contribution in [0.3, 0.4) is 0 Å². The van der Waals surface area contributed by atoms with E-state index in [-0.39, 0.29) is 11.7 Å². The van der Waals surface area contributed by atoms with Crippen molar-refractivity contribution in [1.82, 2.24) is 4.90 Å². The molecule has 0 bridgehead atoms. The van der Waals surface area contributed by atoms with Crippen LogP contribution in [0.15, 0.2) is 42.5 Å². The first kappa shape index (κ1) is 22.0. The van der Waals surface area contributed by atoms with E-state index in [0.29, 0.717) is 48.7 Å². The summed E-state index contributed by atoms with van der Waals surface area (Å²) in [4.78, 5) is 14.7. The van der Waals surface area contributed by atoms with Gasteiger partial charge in [-0.2, -0.15) is 0 Å². The zero-order valence-electron chi connectivity index (χ0n) is 17.5. The molecule has 7 nitrogen and oxygen atoms in total. The number of methoxy groups -OCH3 is 3. The third-order valence-corrected chi connectivity index (χ3v) is 7.58. The van der Waals surface area contributed by atoms with Gasteiger partial charge in [-0.15, -0.1) is 0 Å². The highest BCUT2D eigenvalue weighted by Gasteiger charge is 2.32. The minimum atomic E-state index is -3.27. The van der Waals surface area contributed by atoms with E-state index in [2.05, 4.69) is 0 Å². The molecule has 1 aliphatic heterocycles. The van der Waals surface area contributed by atoms with Crippen molar-refractivity contribution >= 4 is 15.7 Å². The summed E-state index contributed by atoms with van der Waals surface area (Å²) in [5.41, 5.74) is 1.20. The summed E-state index contributed by atoms with van der Waals surface area (Å²) in [7, 11) is 1.22. The van der Waals surface area contributed by atoms with Gasteiger partial charge in [-0.1, -0.05) is 30.3 Å². The highest BCUT2D eigenvalue weighted by Crippen LogP contribution is 2.38. The van der Waals surface area contributed by atoms with E-state index >= 15 is 0 Å². The van der Waals surface area contributed by atoms with E-state index in [1.165, 1.54) is 21.3 Å². The smallest absolute Gasteiger partial charge is 0.254 e. The second kappa shape index (κ2) is 9.38. The number of benzene rings is 2. The Balaban J connectivity index is 1.70. The zero-order valence-corrected chi connectivity index (χ0v) is 18.3. The van der Waals surface area contributed by atoms with Crippen molar-refractivity contribution in [3.8, 4) is 17.2 Å². The number of hydrogen-bond donors (Lipinski definition) is 0. The average Bonchev–Trinajstić information content (AvgIpc) is 2.78. The van der Waals surface area contributed by atoms with Crippen LogP contribution in [-0.2, 0) is 15.6 Å². The number of ether oxygens (including phenoxy) is 3. The minimum absolute atomic E-state index is 0.0271. The van der Waals surface area contributed by atoms with Crippen LogP contribution in [0.2, 0.25) is 0 Å². The Morgan fingerprint density at radius 2 is 1.53 bits per heavy atom. The Kier molecular flexibility index (Phi) is 6.87. The maximum absolute atomic E-state index is 13.0. The number of sulfone groups is 1. The van der Waals surface area contributed by atoms with Gasteiger partial charge in [-0.25, -0.2) is 8.42 Å². The number of hydrogen-bond acceptors (Lipinski definition) is 6. The summed E-state index contributed by atoms with van der Waals surface area (Å²) in [6.07, 6.45) is 0.844. The Hall–Kier alpha value is -2.74. The van der Waals surface area contributed by atoms with E-state index in [9.17, 15) is 13.2 Å². The molecule has 0 saturated carbocycles. The standard InChI is InChI=1S/C22H27NO6S/c1-27-19-13-17(14-20(28-2)21(19)29-3)22(24)23-11-9-18(10-12-23)30(25,26)15-16-7-5-4-6-8-16/h4-8,13-14,18H,9-12,15H2,1-3H3. The average molecular weight is 434 g/mol. The van der Waals surface area contributed by atoms with Gasteiger partial charge in [-0.05, 0) is 30.5 Å². The molecule has 8 heteroatoms. The number of piperidine rings is 1. The Morgan fingerprint density at radius 3 is 2.03 bits per heavy atom. The summed E-state index contributed by atoms with van der Waals surface area (Å²) >= 11 is 0. The molecule has 0 N–H and O–H groups in total. The summed E-state index contributed by atoms with van der Waals surface area (Å²) in [6, 6.07) is 12.4. The van der Waals surface area contributed by atoms with Crippen LogP contribution in [0.1, 0.15) is 28.8 Å². The van der Waals surface area contributed by atoms with Crippen molar-refractivity contribution in [3.05, 3.63) is 53.6 Å². The minimum Gasteiger partial charge on any atom is -0.493 e. The number of nitrogens with zero attached hydrogens (tertiary/aromatic N) is 1. The maximum Gasteiger partial charge on any atom is 0.254 e. The molecule has 1 saturated heterocycles. The molecule has 2 aromatic rings. The lowest BCUT2D eigenvalue weighted by Gasteiger charge is -2.32. The fourth-order valence-corrected chi connectivity index (χ4v) is 5.55. The largest absolute Gasteiger partial charge is 0.493 e. The summed E-state index contributed by atoms with van der Waals surface area (Å²) in [5.74, 6) is 1.07. The molecular weight excluding hydrogens is 406 g/mol. The van der Waals surface area contributed by atoms with Gasteiger partial charge in [0.25, 0.3) is 5.91 Å². The first-order valence-corrected chi connectivity index (χ1v) is 11.5. The molecule has 0 radical (unpaired) electrons. The van der Waals surface area contributed by atoms with Crippen LogP contribution in [0, 0.1) is 0 Å². The van der Waals surface area contributed by atoms with Crippen molar-refractivity contribution in [2.45, 2.75) is 23.8 Å². The van der Waals surface area contributed by atoms with Gasteiger partial charge < -0.3 is 19.1 Å². The molecule has 1 fully saturated rings. The van der Waals surface area contributed by atoms with Gasteiger partial charge in [0.05, 0.1) is 32.3 Å². The van der Waals surface area contributed by atoms with Crippen molar-refractivity contribution in [2.75, 3.05) is 34.4 Å². The number of carbonyl (C=O) groups is 1. The van der Waals surface area contributed by atoms with Crippen LogP contribution < -0.4 is 14.2 Å². The molecule has 1 heterocycles. The van der Waals surface area contributed by atoms with E-state index in [0.717, 1.165) is 5.56 Å². The fraction of sp³-hybridized carbons (Fsp3) is 0.409. The lowest BCUT2D eigenvalue weighted by molar-refractivity contribution is 0.0724. The molecular formula is C22H27NO6S. The van der Waals surface area contributed by atoms with Crippen molar-refractivity contribution in [2.24, 2.45) is 0 Å². The predicted molar refractivity (Wildman–Crippen MR) is 114 cm³/mol. The van der Waals surface area contributed by atoms with Crippen LogP contribution in [0.4, 0.5) is 0 Å². The monoisotopic (exact) mass is 433 g/mol. The number of rotatable bonds is 7. The first-order valence-electron chi connectivity index (χ1n) is 9.74. The zero-order chi connectivity index (χ0) is 21.7. The van der Waals surface area contributed by atoms with E-state index in [4.69, 9.17) is 14.2 Å². The second-order valence-corrected chi connectivity index (χ2v) is 9.48. The van der Waals surface area contributed by atoms with Gasteiger partial charge in [0.2, 0.25) is 5.75 Å². The van der Waals surface area contributed by atoms with Crippen LogP contribution in [0.25, 0.3) is 0 Å². The lowest BCUT2D eigenvalue weighted by Crippen LogP contribution is -2.42. The maximum atomic E-state index is 13.0. The third kappa shape index (κ3) is 4.70. The van der Waals surface area contributed by atoms with Gasteiger partial charge in [-0.3, -0.25) is 4.79 Å². The molecule has 0 atom stereocenters. The normalized spacial score (nSPS) is 15.0. The molecule has 30 heavy (non-hydrogen) atoms. The number of likely N-dealkylation sites (tertiary alicyclic amines) is 1. The van der Waals surface area contributed by atoms with E-state index in [1.54, 1.807) is 17.0 Å². The van der Waals surface area contributed by atoms with Crippen molar-refractivity contribution in [3.63, 3.8) is 0 Å². The molecule has 0 aliphatic carbocycles. The molecule has 3 rings (SSSR count). The molecule has 2 aromatic carbocycles. The third-order valence-electron chi connectivity index (χ3n) is 5.36. The number of carbonyl (C=O) groups excluding carboxylic acids is 1. The highest BCUT2D eigenvalue weighted by atomic mass is 32.2. The molecule has 0 spiro atoms. The molecule has 162 valence electrons. The van der Waals surface area contributed by atoms with Crippen LogP contribution in [0.5, 0.6) is 17.2 Å². The SMILES string of the molecule is COc1cc(C(=O)N2CCC(S(=O)(=O)Cc3ccccc3)CC2)cc(OC)c1OC. The first-order chi connectivity index (χ1) is 14.4. The summed E-state index contributed by atoms with van der Waals surface area (Å²) in [6.45, 7) is 0.766. The Morgan fingerprint density at radius 1 is 0.967 bits per heavy atom. The van der Waals surface area contributed by atoms with Crippen molar-refractivity contribution < 1.29 is 27.4 Å². The molecule has 0 aromatic heterocycles. The van der Waals surface area contributed by atoms with Crippen molar-refractivity contribution in [1.29, 1.82) is 0 Å². The Labute approximate surface area is 177 Å². The Bertz CT molecular complexity index is 957. The van der Waals surface area contributed by atoms with Crippen LogP contribution >= 0.6 is 0 Å². The van der Waals surface area contributed by atoms with Gasteiger partial charge in [0.15, 0.2) is 21.3 Å². The van der Waals surface area contributed by atoms with Gasteiger partial charge in [0, 0.05) is 18.7 Å². The van der Waals surface area contributed by atoms with Gasteiger partial charge >= 0.3 is 0 Å². The molecule has 0 unspecified atom stereocenters. The van der Waals surface area contributed by atoms with E-state index < -0.39 is 15.1 Å². The van der Waals surface area contributed by atoms with Gasteiger partial charge in [0.1, 0.15) is 0 Å². The quantitative estimate of drug-likeness (QED) is 0.668. The van der Waals surface area contributed by atoms with E-state index in [1.807, 2.05) is 30.3 Å².